The average Bonchev–Trinajstić information content (AvgIpc) is 2.27. The molecule has 4 heteroatoms. The van der Waals surface area contributed by atoms with Gasteiger partial charge in [0.2, 0.25) is 0 Å². The smallest absolute Gasteiger partial charge is 0.150 e. The second kappa shape index (κ2) is 6.21. The third-order valence-corrected chi connectivity index (χ3v) is 3.26. The molecule has 16 heavy (non-hydrogen) atoms. The van der Waals surface area contributed by atoms with Gasteiger partial charge in [-0.15, -0.1) is 0 Å². The van der Waals surface area contributed by atoms with E-state index in [1.807, 2.05) is 6.92 Å². The number of benzene rings is 1. The summed E-state index contributed by atoms with van der Waals surface area (Å²) in [6.07, 6.45) is 1.69. The van der Waals surface area contributed by atoms with Crippen molar-refractivity contribution in [3.05, 3.63) is 38.8 Å². The van der Waals surface area contributed by atoms with E-state index in [4.69, 9.17) is 4.74 Å². The van der Waals surface area contributed by atoms with E-state index in [1.54, 1.807) is 12.1 Å². The molecule has 0 N–H and O–H groups in total. The molecule has 0 fully saturated rings. The highest BCUT2D eigenvalue weighted by Gasteiger charge is 2.08. The van der Waals surface area contributed by atoms with Gasteiger partial charge in [0.1, 0.15) is 18.6 Å². The highest BCUT2D eigenvalue weighted by Crippen LogP contribution is 2.34. The molecule has 0 aliphatic rings. The van der Waals surface area contributed by atoms with Crippen LogP contribution in [-0.4, -0.2) is 12.9 Å². The molecule has 0 unspecified atom stereocenters. The zero-order valence-electron chi connectivity index (χ0n) is 8.93. The Kier molecular flexibility index (Phi) is 5.22. The maximum Gasteiger partial charge on any atom is 0.150 e. The Morgan fingerprint density at radius 3 is 2.44 bits per heavy atom. The molecule has 1 aromatic carbocycles. The molecule has 86 valence electrons. The van der Waals surface area contributed by atoms with Crippen molar-refractivity contribution in [3.8, 4) is 5.75 Å². The molecule has 0 aromatic heterocycles. The molecule has 0 aliphatic carbocycles. The Labute approximate surface area is 112 Å². The first-order chi connectivity index (χ1) is 7.58. The largest absolute Gasteiger partial charge is 0.487 e. The Balaban J connectivity index is 2.88. The zero-order valence-corrected chi connectivity index (χ0v) is 12.1. The van der Waals surface area contributed by atoms with Crippen LogP contribution in [0, 0.1) is 0 Å². The molecule has 0 amide bonds. The molecular weight excluding hydrogens is 336 g/mol. The Morgan fingerprint density at radius 2 is 2.00 bits per heavy atom. The van der Waals surface area contributed by atoms with E-state index in [1.165, 1.54) is 0 Å². The highest BCUT2D eigenvalue weighted by molar-refractivity contribution is 9.11. The molecule has 0 bridgehead atoms. The minimum absolute atomic E-state index is 0.480. The summed E-state index contributed by atoms with van der Waals surface area (Å²) >= 11 is 6.73. The van der Waals surface area contributed by atoms with Crippen molar-refractivity contribution in [2.24, 2.45) is 0 Å². The molecule has 0 heterocycles. The van der Waals surface area contributed by atoms with Crippen LogP contribution in [0.25, 0.3) is 0 Å². The van der Waals surface area contributed by atoms with Crippen molar-refractivity contribution in [3.63, 3.8) is 0 Å². The first-order valence-electron chi connectivity index (χ1n) is 4.82. The molecule has 0 radical (unpaired) electrons. The van der Waals surface area contributed by atoms with Crippen LogP contribution in [-0.2, 0) is 0 Å². The second-order valence-corrected chi connectivity index (χ2v) is 5.03. The van der Waals surface area contributed by atoms with Gasteiger partial charge in [-0.3, -0.25) is 4.79 Å². The second-order valence-electron chi connectivity index (χ2n) is 3.32. The lowest BCUT2D eigenvalue weighted by atomic mass is 10.2. The van der Waals surface area contributed by atoms with E-state index in [9.17, 15) is 4.79 Å². The van der Waals surface area contributed by atoms with Crippen molar-refractivity contribution in [2.45, 2.75) is 13.3 Å². The molecule has 1 aromatic rings. The quantitative estimate of drug-likeness (QED) is 0.584. The number of hydrogen-bond donors (Lipinski definition) is 0. The van der Waals surface area contributed by atoms with Gasteiger partial charge in [-0.05, 0) is 56.0 Å². The number of carbonyl (C=O) groups is 1. The van der Waals surface area contributed by atoms with Crippen molar-refractivity contribution >= 4 is 38.1 Å². The normalized spacial score (nSPS) is 9.94. The van der Waals surface area contributed by atoms with Gasteiger partial charge in [-0.25, -0.2) is 0 Å². The predicted octanol–water partition coefficient (Wildman–Crippen LogP) is 4.37. The van der Waals surface area contributed by atoms with Crippen LogP contribution in [0.4, 0.5) is 0 Å². The third kappa shape index (κ3) is 3.46. The summed E-state index contributed by atoms with van der Waals surface area (Å²) in [5, 5.41) is 0. The van der Waals surface area contributed by atoms with Crippen LogP contribution < -0.4 is 4.74 Å². The number of hydrogen-bond acceptors (Lipinski definition) is 2. The fourth-order valence-corrected chi connectivity index (χ4v) is 2.51. The van der Waals surface area contributed by atoms with Crippen LogP contribution >= 0.6 is 31.9 Å². The average molecular weight is 348 g/mol. The summed E-state index contributed by atoms with van der Waals surface area (Å²) in [6, 6.07) is 3.45. The topological polar surface area (TPSA) is 26.3 Å². The fraction of sp³-hybridized carbons (Fsp3) is 0.250. The molecule has 0 saturated carbocycles. The van der Waals surface area contributed by atoms with Gasteiger partial charge in [-0.1, -0.05) is 13.5 Å². The summed E-state index contributed by atoms with van der Waals surface area (Å²) in [5.41, 5.74) is 1.62. The van der Waals surface area contributed by atoms with E-state index in [-0.39, 0.29) is 0 Å². The Hall–Kier alpha value is -0.610. The van der Waals surface area contributed by atoms with E-state index in [0.29, 0.717) is 17.9 Å². The van der Waals surface area contributed by atoms with E-state index >= 15 is 0 Å². The monoisotopic (exact) mass is 346 g/mol. The standard InChI is InChI=1S/C12H12Br2O2/c1-3-8(2)7-16-12-10(13)4-9(6-15)5-11(12)14/h4-6H,2-3,7H2,1H3. The van der Waals surface area contributed by atoms with Crippen molar-refractivity contribution in [2.75, 3.05) is 6.61 Å². The van der Waals surface area contributed by atoms with Crippen LogP contribution in [0.1, 0.15) is 23.7 Å². The maximum atomic E-state index is 10.6. The van der Waals surface area contributed by atoms with Gasteiger partial charge in [-0.2, -0.15) is 0 Å². The highest BCUT2D eigenvalue weighted by atomic mass is 79.9. The van der Waals surface area contributed by atoms with E-state index in [2.05, 4.69) is 38.4 Å². The predicted molar refractivity (Wildman–Crippen MR) is 72.2 cm³/mol. The van der Waals surface area contributed by atoms with E-state index in [0.717, 1.165) is 27.2 Å². The summed E-state index contributed by atoms with van der Waals surface area (Å²) in [4.78, 5) is 10.6. The lowest BCUT2D eigenvalue weighted by Gasteiger charge is -2.11. The van der Waals surface area contributed by atoms with Crippen LogP contribution in [0.5, 0.6) is 5.75 Å². The summed E-state index contributed by atoms with van der Waals surface area (Å²) in [5.74, 6) is 0.695. The van der Waals surface area contributed by atoms with Gasteiger partial charge in [0, 0.05) is 5.56 Å². The van der Waals surface area contributed by atoms with Gasteiger partial charge in [0.25, 0.3) is 0 Å². The van der Waals surface area contributed by atoms with Gasteiger partial charge in [0.05, 0.1) is 8.95 Å². The van der Waals surface area contributed by atoms with Gasteiger partial charge >= 0.3 is 0 Å². The molecule has 0 aliphatic heterocycles. The zero-order chi connectivity index (χ0) is 12.1. The summed E-state index contributed by atoms with van der Waals surface area (Å²) in [6.45, 7) is 6.38. The number of rotatable bonds is 5. The van der Waals surface area contributed by atoms with Crippen LogP contribution in [0.15, 0.2) is 33.2 Å². The van der Waals surface area contributed by atoms with Gasteiger partial charge < -0.3 is 4.74 Å². The molecule has 0 atom stereocenters. The SMILES string of the molecule is C=C(CC)COc1c(Br)cc(C=O)cc1Br. The number of halogens is 2. The minimum Gasteiger partial charge on any atom is -0.487 e. The Morgan fingerprint density at radius 1 is 1.44 bits per heavy atom. The van der Waals surface area contributed by atoms with E-state index < -0.39 is 0 Å². The molecule has 0 spiro atoms. The summed E-state index contributed by atoms with van der Waals surface area (Å²) < 4.78 is 7.13. The number of aldehydes is 1. The van der Waals surface area contributed by atoms with Crippen LogP contribution in [0.2, 0.25) is 0 Å². The number of ether oxygens (including phenoxy) is 1. The third-order valence-electron chi connectivity index (χ3n) is 2.08. The maximum absolute atomic E-state index is 10.6. The molecular formula is C12H12Br2O2. The molecule has 0 saturated heterocycles. The molecule has 1 rings (SSSR count). The number of carbonyl (C=O) groups excluding carboxylic acids is 1. The summed E-state index contributed by atoms with van der Waals surface area (Å²) in [7, 11) is 0. The first-order valence-corrected chi connectivity index (χ1v) is 6.40. The van der Waals surface area contributed by atoms with Crippen LogP contribution in [0.3, 0.4) is 0 Å². The lowest BCUT2D eigenvalue weighted by Crippen LogP contribution is -2.01. The molecule has 2 nitrogen and oxygen atoms in total. The Bertz CT molecular complexity index is 390. The van der Waals surface area contributed by atoms with Crippen molar-refractivity contribution in [1.82, 2.24) is 0 Å². The fourth-order valence-electron chi connectivity index (χ4n) is 1.06. The first kappa shape index (κ1) is 13.5. The minimum atomic E-state index is 0.480. The van der Waals surface area contributed by atoms with Gasteiger partial charge in [0.15, 0.2) is 0 Å². The van der Waals surface area contributed by atoms with Crippen molar-refractivity contribution in [1.29, 1.82) is 0 Å². The lowest BCUT2D eigenvalue weighted by molar-refractivity contribution is 0.112. The van der Waals surface area contributed by atoms with Crippen molar-refractivity contribution < 1.29 is 9.53 Å².